The molecular weight excluding hydrogens is 183 g/mol. The highest BCUT2D eigenvalue weighted by molar-refractivity contribution is 6.58. The zero-order valence-corrected chi connectivity index (χ0v) is 7.50. The predicted octanol–water partition coefficient (Wildman–Crippen LogP) is -0.377. The molecule has 0 radical (unpaired) electrons. The maximum absolute atomic E-state index is 9.25. The Balaban J connectivity index is 0.000000292. The van der Waals surface area contributed by atoms with Crippen molar-refractivity contribution < 1.29 is 19.9 Å². The molecule has 0 aliphatic rings. The number of hydrogen-bond donors (Lipinski definition) is 3. The van der Waals surface area contributed by atoms with E-state index in [9.17, 15) is 4.79 Å². The third kappa shape index (κ3) is 5.99. The molecule has 0 aliphatic carbocycles. The van der Waals surface area contributed by atoms with E-state index < -0.39 is 13.1 Å². The van der Waals surface area contributed by atoms with Crippen LogP contribution in [0.25, 0.3) is 0 Å². The molecule has 0 spiro atoms. The van der Waals surface area contributed by atoms with E-state index in [0.717, 1.165) is 6.08 Å². The molecule has 5 heteroatoms. The van der Waals surface area contributed by atoms with Gasteiger partial charge >= 0.3 is 13.1 Å². The molecule has 0 aromatic heterocycles. The van der Waals surface area contributed by atoms with E-state index in [4.69, 9.17) is 15.2 Å². The molecule has 0 aliphatic heterocycles. The molecule has 0 unspecified atom stereocenters. The average molecular weight is 194 g/mol. The normalized spacial score (nSPS) is 8.14. The fourth-order valence-electron chi connectivity index (χ4n) is 0.625. The van der Waals surface area contributed by atoms with E-state index in [0.29, 0.717) is 5.46 Å². The minimum atomic E-state index is -1.34. The maximum atomic E-state index is 9.25. The summed E-state index contributed by atoms with van der Waals surface area (Å²) < 4.78 is 0. The first kappa shape index (κ1) is 12.4. The average Bonchev–Trinajstić information content (AvgIpc) is 2.20. The highest BCUT2D eigenvalue weighted by atomic mass is 16.4. The van der Waals surface area contributed by atoms with Crippen LogP contribution in [0.3, 0.4) is 0 Å². The van der Waals surface area contributed by atoms with Gasteiger partial charge in [-0.05, 0) is 5.46 Å². The van der Waals surface area contributed by atoms with Gasteiger partial charge in [0.25, 0.3) is 0 Å². The monoisotopic (exact) mass is 194 g/mol. The number of rotatable bonds is 2. The Morgan fingerprint density at radius 2 is 1.71 bits per heavy atom. The van der Waals surface area contributed by atoms with Crippen molar-refractivity contribution in [3.63, 3.8) is 0 Å². The third-order valence-electron chi connectivity index (χ3n) is 1.27. The number of carboxylic acids is 1. The SMILES string of the molecule is C=CC(=O)O.OB(O)c1ccccc1. The van der Waals surface area contributed by atoms with Gasteiger partial charge in [0.1, 0.15) is 0 Å². The molecule has 1 aromatic rings. The lowest BCUT2D eigenvalue weighted by molar-refractivity contribution is -0.131. The number of hydrogen-bond acceptors (Lipinski definition) is 3. The van der Waals surface area contributed by atoms with E-state index in [1.807, 2.05) is 6.07 Å². The van der Waals surface area contributed by atoms with E-state index in [1.165, 1.54) is 0 Å². The van der Waals surface area contributed by atoms with Gasteiger partial charge in [0.2, 0.25) is 0 Å². The smallest absolute Gasteiger partial charge is 0.478 e. The van der Waals surface area contributed by atoms with Gasteiger partial charge in [-0.3, -0.25) is 0 Å². The lowest BCUT2D eigenvalue weighted by atomic mass is 9.81. The van der Waals surface area contributed by atoms with E-state index >= 15 is 0 Å². The van der Waals surface area contributed by atoms with Crippen LogP contribution in [0.5, 0.6) is 0 Å². The molecule has 14 heavy (non-hydrogen) atoms. The fourth-order valence-corrected chi connectivity index (χ4v) is 0.625. The standard InChI is InChI=1S/C6H7BO2.C3H4O2/c8-7(9)6-4-2-1-3-5-6;1-2-3(4)5/h1-5,8-9H;2H,1H2,(H,4,5). The zero-order chi connectivity index (χ0) is 11.0. The highest BCUT2D eigenvalue weighted by Gasteiger charge is 2.07. The predicted molar refractivity (Wildman–Crippen MR) is 54.1 cm³/mol. The second-order valence-electron chi connectivity index (χ2n) is 2.33. The molecule has 0 heterocycles. The lowest BCUT2D eigenvalue weighted by Gasteiger charge is -1.94. The van der Waals surface area contributed by atoms with Crippen molar-refractivity contribution in [1.29, 1.82) is 0 Å². The Morgan fingerprint density at radius 1 is 1.29 bits per heavy atom. The maximum Gasteiger partial charge on any atom is 0.488 e. The summed E-state index contributed by atoms with van der Waals surface area (Å²) in [7, 11) is -1.34. The summed E-state index contributed by atoms with van der Waals surface area (Å²) in [5.41, 5.74) is 0.525. The number of carboxylic acid groups (broad SMARTS) is 1. The number of benzene rings is 1. The van der Waals surface area contributed by atoms with Crippen LogP contribution in [-0.4, -0.2) is 28.2 Å². The molecule has 3 N–H and O–H groups in total. The van der Waals surface area contributed by atoms with Gasteiger partial charge in [0, 0.05) is 6.08 Å². The largest absolute Gasteiger partial charge is 0.488 e. The van der Waals surface area contributed by atoms with Crippen LogP contribution in [0.1, 0.15) is 0 Å². The van der Waals surface area contributed by atoms with Crippen molar-refractivity contribution >= 4 is 18.6 Å². The quantitative estimate of drug-likeness (QED) is 0.443. The van der Waals surface area contributed by atoms with Crippen LogP contribution < -0.4 is 5.46 Å². The summed E-state index contributed by atoms with van der Waals surface area (Å²) in [5.74, 6) is -0.981. The molecule has 1 rings (SSSR count). The summed E-state index contributed by atoms with van der Waals surface area (Å²) in [5, 5.41) is 24.8. The fraction of sp³-hybridized carbons (Fsp3) is 0. The Kier molecular flexibility index (Phi) is 6.10. The van der Waals surface area contributed by atoms with Crippen LogP contribution in [0.15, 0.2) is 43.0 Å². The van der Waals surface area contributed by atoms with Crippen LogP contribution in [0, 0.1) is 0 Å². The summed E-state index contributed by atoms with van der Waals surface area (Å²) in [6.07, 6.45) is 0.833. The first-order chi connectivity index (χ1) is 6.57. The summed E-state index contributed by atoms with van der Waals surface area (Å²) in [6.45, 7) is 2.96. The summed E-state index contributed by atoms with van der Waals surface area (Å²) in [6, 6.07) is 8.66. The second-order valence-corrected chi connectivity index (χ2v) is 2.33. The topological polar surface area (TPSA) is 77.8 Å². The zero-order valence-electron chi connectivity index (χ0n) is 7.50. The third-order valence-corrected chi connectivity index (χ3v) is 1.27. The van der Waals surface area contributed by atoms with E-state index in [1.54, 1.807) is 24.3 Å². The molecular formula is C9H11BO4. The van der Waals surface area contributed by atoms with Crippen molar-refractivity contribution in [2.45, 2.75) is 0 Å². The van der Waals surface area contributed by atoms with Gasteiger partial charge in [-0.15, -0.1) is 0 Å². The first-order valence-electron chi connectivity index (χ1n) is 3.84. The van der Waals surface area contributed by atoms with Crippen LogP contribution in [0.4, 0.5) is 0 Å². The van der Waals surface area contributed by atoms with Gasteiger partial charge < -0.3 is 15.2 Å². The Hall–Kier alpha value is -1.59. The van der Waals surface area contributed by atoms with Crippen molar-refractivity contribution in [2.75, 3.05) is 0 Å². The van der Waals surface area contributed by atoms with Crippen LogP contribution in [-0.2, 0) is 4.79 Å². The van der Waals surface area contributed by atoms with Crippen molar-refractivity contribution in [2.24, 2.45) is 0 Å². The minimum Gasteiger partial charge on any atom is -0.478 e. The molecule has 0 saturated carbocycles. The lowest BCUT2D eigenvalue weighted by Crippen LogP contribution is -2.29. The molecule has 0 amide bonds. The van der Waals surface area contributed by atoms with Gasteiger partial charge in [-0.2, -0.15) is 0 Å². The summed E-state index contributed by atoms with van der Waals surface area (Å²) >= 11 is 0. The highest BCUT2D eigenvalue weighted by Crippen LogP contribution is 1.82. The Morgan fingerprint density at radius 3 is 1.93 bits per heavy atom. The number of aliphatic carboxylic acids is 1. The molecule has 0 fully saturated rings. The second kappa shape index (κ2) is 6.88. The van der Waals surface area contributed by atoms with E-state index in [-0.39, 0.29) is 0 Å². The molecule has 4 nitrogen and oxygen atoms in total. The minimum absolute atomic E-state index is 0.525. The number of carbonyl (C=O) groups is 1. The molecule has 0 bridgehead atoms. The first-order valence-corrected chi connectivity index (χ1v) is 3.84. The molecule has 0 saturated heterocycles. The van der Waals surface area contributed by atoms with Crippen LogP contribution in [0.2, 0.25) is 0 Å². The summed E-state index contributed by atoms with van der Waals surface area (Å²) in [4.78, 5) is 9.25. The molecule has 1 aromatic carbocycles. The van der Waals surface area contributed by atoms with Gasteiger partial charge in [-0.25, -0.2) is 4.79 Å². The Labute approximate surface area is 82.3 Å². The van der Waals surface area contributed by atoms with Gasteiger partial charge in [0.15, 0.2) is 0 Å². The molecule has 74 valence electrons. The van der Waals surface area contributed by atoms with Crippen LogP contribution >= 0.6 is 0 Å². The Bertz CT molecular complexity index is 284. The molecule has 0 atom stereocenters. The van der Waals surface area contributed by atoms with Gasteiger partial charge in [0.05, 0.1) is 0 Å². The van der Waals surface area contributed by atoms with Crippen molar-refractivity contribution in [3.8, 4) is 0 Å². The van der Waals surface area contributed by atoms with Crippen molar-refractivity contribution in [1.82, 2.24) is 0 Å². The van der Waals surface area contributed by atoms with Crippen molar-refractivity contribution in [3.05, 3.63) is 43.0 Å². The van der Waals surface area contributed by atoms with Gasteiger partial charge in [-0.1, -0.05) is 36.9 Å². The van der Waals surface area contributed by atoms with E-state index in [2.05, 4.69) is 6.58 Å².